The first kappa shape index (κ1) is 69.3. The number of urea groups is 1. The molecule has 5 atom stereocenters. The molecule has 0 aliphatic carbocycles. The van der Waals surface area contributed by atoms with Crippen molar-refractivity contribution in [3.8, 4) is 0 Å². The van der Waals surface area contributed by atoms with Gasteiger partial charge in [0.1, 0.15) is 30.2 Å². The molecular formula is C50H76IN9O20. The number of aryl methyl sites for hydroxylation is 1. The number of nitrogens with one attached hydrogen (secondary N) is 5. The van der Waals surface area contributed by atoms with Gasteiger partial charge in [-0.2, -0.15) is 0 Å². The highest BCUT2D eigenvalue weighted by molar-refractivity contribution is 14.1. The SMILES string of the molecule is O=C(O)CC[C@H](NC(=O)N[C@@H](CCCCNC(=O)CCC(C(=O)O)N1CCN(CC(=O)O)CCN(C(CCC(=O)N[C@@H](CCCCNC(=O)CCCc2ccc(I)cc2)C(=O)O)C(=O)O)CCN(CC(=O)O)CC1)C(=O)O)C(=O)O. The predicted molar refractivity (Wildman–Crippen MR) is 289 cm³/mol. The van der Waals surface area contributed by atoms with Gasteiger partial charge in [0, 0.05) is 94.7 Å². The van der Waals surface area contributed by atoms with Crippen molar-refractivity contribution in [1.29, 1.82) is 0 Å². The van der Waals surface area contributed by atoms with E-state index in [1.54, 1.807) is 0 Å². The Labute approximate surface area is 475 Å². The number of rotatable bonds is 37. The Morgan fingerprint density at radius 3 is 1.23 bits per heavy atom. The molecule has 13 N–H and O–H groups in total. The molecule has 2 rings (SSSR count). The van der Waals surface area contributed by atoms with Gasteiger partial charge in [-0.25, -0.2) is 19.2 Å². The number of benzene rings is 1. The van der Waals surface area contributed by atoms with Crippen LogP contribution < -0.4 is 26.6 Å². The molecule has 0 aromatic heterocycles. The second-order valence-corrected chi connectivity index (χ2v) is 20.4. The molecule has 0 bridgehead atoms. The molecule has 1 aromatic carbocycles. The second-order valence-electron chi connectivity index (χ2n) is 19.2. The Balaban J connectivity index is 2.02. The Kier molecular flexibility index (Phi) is 32.9. The monoisotopic (exact) mass is 1250 g/mol. The van der Waals surface area contributed by atoms with Crippen LogP contribution in [0.15, 0.2) is 24.3 Å². The number of carboxylic acids is 8. The first-order valence-electron chi connectivity index (χ1n) is 26.2. The zero-order valence-corrected chi connectivity index (χ0v) is 46.6. The summed E-state index contributed by atoms with van der Waals surface area (Å²) in [7, 11) is 0. The van der Waals surface area contributed by atoms with Gasteiger partial charge < -0.3 is 67.4 Å². The normalized spacial score (nSPS) is 15.9. The molecule has 0 saturated carbocycles. The summed E-state index contributed by atoms with van der Waals surface area (Å²) in [5.41, 5.74) is 1.12. The average Bonchev–Trinajstić information content (AvgIpc) is 3.36. The van der Waals surface area contributed by atoms with Crippen LogP contribution in [0, 0.1) is 3.57 Å². The van der Waals surface area contributed by atoms with E-state index in [0.29, 0.717) is 32.2 Å². The maximum absolute atomic E-state index is 13.1. The Bertz CT molecular complexity index is 2210. The number of carbonyl (C=O) groups excluding carboxylic acids is 4. The highest BCUT2D eigenvalue weighted by Crippen LogP contribution is 2.15. The van der Waals surface area contributed by atoms with Crippen molar-refractivity contribution in [1.82, 2.24) is 46.2 Å². The van der Waals surface area contributed by atoms with E-state index in [2.05, 4.69) is 43.9 Å². The largest absolute Gasteiger partial charge is 0.481 e. The standard InChI is InChI=1S/C50H76IN9O20/c51-33-12-10-32(11-13-33)6-5-9-39(61)52-20-3-1-7-34(45(70)71)54-41(63)18-16-38(49(78)79)60-28-24-57(30-43(66)67)22-26-59(27-23-58(25-29-60)31-44(68)69)37(48(76)77)15-17-40(62)53-21-4-2-8-35(46(72)73)55-50(80)56-36(47(74)75)14-19-42(64)65/h10-13,34-38H,1-9,14-31H2,(H,52,61)(H,53,62)(H,54,63)(H,64,65)(H,66,67)(H,68,69)(H,70,71)(H,72,73)(H,74,75)(H,76,77)(H,78,79)(H2,55,56,80)/t34-,35-,36-,37?,38?/m0/s1. The maximum Gasteiger partial charge on any atom is 0.326 e. The third-order valence-corrected chi connectivity index (χ3v) is 13.7. The first-order chi connectivity index (χ1) is 37.8. The summed E-state index contributed by atoms with van der Waals surface area (Å²) >= 11 is 2.21. The molecule has 1 aliphatic heterocycles. The number of halogens is 1. The first-order valence-corrected chi connectivity index (χ1v) is 27.3. The molecule has 80 heavy (non-hydrogen) atoms. The topological polar surface area (TPSA) is 440 Å². The van der Waals surface area contributed by atoms with Crippen molar-refractivity contribution in [2.24, 2.45) is 0 Å². The molecular weight excluding hydrogens is 1170 g/mol. The minimum Gasteiger partial charge on any atom is -0.481 e. The minimum absolute atomic E-state index is 0.0161. The van der Waals surface area contributed by atoms with Gasteiger partial charge >= 0.3 is 53.8 Å². The Hall–Kier alpha value is -6.77. The van der Waals surface area contributed by atoms with E-state index < -0.39 is 128 Å². The van der Waals surface area contributed by atoms with Crippen molar-refractivity contribution >= 4 is 94.1 Å². The third kappa shape index (κ3) is 30.0. The predicted octanol–water partition coefficient (Wildman–Crippen LogP) is -0.316. The van der Waals surface area contributed by atoms with Gasteiger partial charge in [0.25, 0.3) is 0 Å². The smallest absolute Gasteiger partial charge is 0.326 e. The molecule has 2 unspecified atom stereocenters. The molecule has 1 fully saturated rings. The Morgan fingerprint density at radius 2 is 0.825 bits per heavy atom. The van der Waals surface area contributed by atoms with Gasteiger partial charge in [0.15, 0.2) is 0 Å². The van der Waals surface area contributed by atoms with E-state index >= 15 is 0 Å². The number of hydrogen-bond donors (Lipinski definition) is 13. The summed E-state index contributed by atoms with van der Waals surface area (Å²) in [6.07, 6.45) is 0.459. The summed E-state index contributed by atoms with van der Waals surface area (Å²) in [6.45, 7) is -1.39. The van der Waals surface area contributed by atoms with Gasteiger partial charge in [-0.3, -0.25) is 58.0 Å². The van der Waals surface area contributed by atoms with E-state index in [0.717, 1.165) is 15.6 Å². The van der Waals surface area contributed by atoms with Crippen molar-refractivity contribution in [2.45, 2.75) is 127 Å². The van der Waals surface area contributed by atoms with E-state index in [-0.39, 0.29) is 110 Å². The van der Waals surface area contributed by atoms with E-state index in [9.17, 15) is 93.3 Å². The number of carboxylic acid groups (broad SMARTS) is 8. The fourth-order valence-corrected chi connectivity index (χ4v) is 9.02. The van der Waals surface area contributed by atoms with Gasteiger partial charge in [0.2, 0.25) is 17.7 Å². The highest BCUT2D eigenvalue weighted by Gasteiger charge is 2.32. The van der Waals surface area contributed by atoms with E-state index in [4.69, 9.17) is 5.11 Å². The van der Waals surface area contributed by atoms with Gasteiger partial charge in [-0.1, -0.05) is 12.1 Å². The van der Waals surface area contributed by atoms with Crippen molar-refractivity contribution in [2.75, 3.05) is 78.5 Å². The number of nitrogens with zero attached hydrogens (tertiary/aromatic N) is 4. The summed E-state index contributed by atoms with van der Waals surface area (Å²) in [5.74, 6) is -12.2. The summed E-state index contributed by atoms with van der Waals surface area (Å²) in [5, 5.41) is 89.8. The lowest BCUT2D eigenvalue weighted by Gasteiger charge is -2.37. The van der Waals surface area contributed by atoms with Crippen molar-refractivity contribution < 1.29 is 98.4 Å². The van der Waals surface area contributed by atoms with Crippen LogP contribution in [0.5, 0.6) is 0 Å². The number of hydrogen-bond acceptors (Lipinski definition) is 16. The number of carbonyl (C=O) groups is 12. The van der Waals surface area contributed by atoms with Crippen LogP contribution >= 0.6 is 22.6 Å². The number of unbranched alkanes of at least 4 members (excludes halogenated alkanes) is 2. The molecule has 1 saturated heterocycles. The fourth-order valence-electron chi connectivity index (χ4n) is 8.66. The van der Waals surface area contributed by atoms with Crippen LogP contribution in [0.3, 0.4) is 0 Å². The minimum atomic E-state index is -1.59. The molecule has 30 heteroatoms. The van der Waals surface area contributed by atoms with E-state index in [1.165, 1.54) is 19.6 Å². The summed E-state index contributed by atoms with van der Waals surface area (Å²) in [4.78, 5) is 152. The number of amides is 5. The molecule has 29 nitrogen and oxygen atoms in total. The molecule has 1 aromatic rings. The Morgan fingerprint density at radius 1 is 0.425 bits per heavy atom. The van der Waals surface area contributed by atoms with Gasteiger partial charge in [-0.15, -0.1) is 0 Å². The lowest BCUT2D eigenvalue weighted by Crippen LogP contribution is -2.53. The lowest BCUT2D eigenvalue weighted by molar-refractivity contribution is -0.146. The summed E-state index contributed by atoms with van der Waals surface area (Å²) < 4.78 is 1.11. The third-order valence-electron chi connectivity index (χ3n) is 13.0. The van der Waals surface area contributed by atoms with Gasteiger partial charge in [-0.05, 0) is 111 Å². The molecule has 1 aliphatic rings. The second kappa shape index (κ2) is 38.0. The van der Waals surface area contributed by atoms with Crippen molar-refractivity contribution in [3.05, 3.63) is 33.4 Å². The summed E-state index contributed by atoms with van der Waals surface area (Å²) in [6, 6.07) is -0.191. The molecule has 0 radical (unpaired) electrons. The van der Waals surface area contributed by atoms with Gasteiger partial charge in [0.05, 0.1) is 13.1 Å². The molecule has 448 valence electrons. The zero-order chi connectivity index (χ0) is 59.7. The van der Waals surface area contributed by atoms with Crippen LogP contribution in [0.4, 0.5) is 4.79 Å². The van der Waals surface area contributed by atoms with Crippen LogP contribution in [-0.4, -0.2) is 241 Å². The zero-order valence-electron chi connectivity index (χ0n) is 44.4. The van der Waals surface area contributed by atoms with E-state index in [1.807, 2.05) is 29.6 Å². The fraction of sp³-hybridized carbons (Fsp3) is 0.640. The van der Waals surface area contributed by atoms with Crippen LogP contribution in [0.1, 0.15) is 95.5 Å². The van der Waals surface area contributed by atoms with Crippen molar-refractivity contribution in [3.63, 3.8) is 0 Å². The molecule has 0 spiro atoms. The van der Waals surface area contributed by atoms with Crippen LogP contribution in [-0.2, 0) is 59.2 Å². The highest BCUT2D eigenvalue weighted by atomic mass is 127. The average molecular weight is 1250 g/mol. The number of aliphatic carboxylic acids is 8. The van der Waals surface area contributed by atoms with Crippen LogP contribution in [0.2, 0.25) is 0 Å². The van der Waals surface area contributed by atoms with Crippen LogP contribution in [0.25, 0.3) is 0 Å². The quantitative estimate of drug-likeness (QED) is 0.0300. The molecule has 5 amide bonds. The lowest BCUT2D eigenvalue weighted by atomic mass is 10.1. The molecule has 1 heterocycles. The maximum atomic E-state index is 13.1.